The lowest BCUT2D eigenvalue weighted by Gasteiger charge is -2.26. The maximum atomic E-state index is 5.02. The predicted octanol–water partition coefficient (Wildman–Crippen LogP) is 2.04. The van der Waals surface area contributed by atoms with Gasteiger partial charge in [0.15, 0.2) is 17.3 Å². The van der Waals surface area contributed by atoms with Crippen LogP contribution in [0.15, 0.2) is 24.7 Å². The monoisotopic (exact) mass is 388 g/mol. The van der Waals surface area contributed by atoms with Crippen molar-refractivity contribution in [2.75, 3.05) is 57.1 Å². The number of pyridine rings is 1. The third-order valence-corrected chi connectivity index (χ3v) is 4.81. The van der Waals surface area contributed by atoms with Crippen molar-refractivity contribution in [2.45, 2.75) is 6.42 Å². The quantitative estimate of drug-likeness (QED) is 0.735. The average Bonchev–Trinajstić information content (AvgIpc) is 3.02. The maximum Gasteiger partial charge on any atom is 0.172 e. The third kappa shape index (κ3) is 3.81. The number of likely N-dealkylation sites (N-methyl/N-ethyl adjacent to an activating group) is 1. The summed E-state index contributed by atoms with van der Waals surface area (Å²) in [5.74, 6) is 1.84. The molecule has 1 aliphatic heterocycles. The lowest BCUT2D eigenvalue weighted by Crippen LogP contribution is -2.31. The first-order valence-electron chi connectivity index (χ1n) is 8.90. The highest BCUT2D eigenvalue weighted by molar-refractivity contribution is 5.91. The summed E-state index contributed by atoms with van der Waals surface area (Å²) in [6.07, 6.45) is 6.53. The molecule has 1 fully saturated rings. The molecule has 144 valence electrons. The Hall–Kier alpha value is -2.45. The molecule has 0 atom stereocenters. The molecule has 4 heterocycles. The Bertz CT molecular complexity index is 909. The Kier molecular flexibility index (Phi) is 5.76. The number of rotatable bonds is 3. The molecule has 1 N–H and O–H groups in total. The molecule has 0 aromatic carbocycles. The van der Waals surface area contributed by atoms with Crippen LogP contribution in [0.2, 0.25) is 0 Å². The van der Waals surface area contributed by atoms with E-state index in [1.807, 2.05) is 31.3 Å². The van der Waals surface area contributed by atoms with Crippen LogP contribution in [0.4, 0.5) is 11.6 Å². The van der Waals surface area contributed by atoms with Gasteiger partial charge in [0.25, 0.3) is 0 Å². The molecular weight excluding hydrogens is 364 g/mol. The number of aromatic amines is 1. The van der Waals surface area contributed by atoms with E-state index in [4.69, 9.17) is 9.97 Å². The number of halogens is 1. The molecule has 0 spiro atoms. The molecule has 9 heteroatoms. The summed E-state index contributed by atoms with van der Waals surface area (Å²) in [6.45, 7) is 4.08. The zero-order valence-electron chi connectivity index (χ0n) is 15.9. The van der Waals surface area contributed by atoms with E-state index in [9.17, 15) is 0 Å². The van der Waals surface area contributed by atoms with Crippen molar-refractivity contribution in [2.24, 2.45) is 0 Å². The van der Waals surface area contributed by atoms with Crippen LogP contribution in [0.1, 0.15) is 6.42 Å². The van der Waals surface area contributed by atoms with Gasteiger partial charge in [-0.15, -0.1) is 12.4 Å². The number of nitrogens with one attached hydrogen (secondary N) is 1. The standard InChI is InChI=1S/C18H24N8.ClH/c1-24(2)17-18(26-8-4-7-25(3)9-10-26)22-15(12-20-17)13-5-6-19-16-14(13)11-21-23-16;/h5-6,11-12H,4,7-10H2,1-3H3,(H,19,21,23);1H. The lowest BCUT2D eigenvalue weighted by molar-refractivity contribution is 0.360. The Labute approximate surface area is 165 Å². The highest BCUT2D eigenvalue weighted by Gasteiger charge is 2.20. The molecule has 1 saturated heterocycles. The number of nitrogens with zero attached hydrogens (tertiary/aromatic N) is 7. The zero-order valence-corrected chi connectivity index (χ0v) is 16.7. The van der Waals surface area contributed by atoms with Crippen LogP contribution in [0.3, 0.4) is 0 Å². The number of H-pyrrole nitrogens is 1. The second kappa shape index (κ2) is 8.06. The molecule has 3 aromatic rings. The van der Waals surface area contributed by atoms with Crippen molar-refractivity contribution in [3.8, 4) is 11.3 Å². The van der Waals surface area contributed by atoms with E-state index < -0.39 is 0 Å². The van der Waals surface area contributed by atoms with Crippen molar-refractivity contribution in [1.29, 1.82) is 0 Å². The minimum absolute atomic E-state index is 0. The summed E-state index contributed by atoms with van der Waals surface area (Å²) in [5, 5.41) is 7.98. The van der Waals surface area contributed by atoms with E-state index in [1.165, 1.54) is 0 Å². The van der Waals surface area contributed by atoms with Crippen molar-refractivity contribution >= 4 is 35.1 Å². The van der Waals surface area contributed by atoms with Gasteiger partial charge in [0, 0.05) is 50.9 Å². The molecular formula is C18H25ClN8. The van der Waals surface area contributed by atoms with Gasteiger partial charge in [0.2, 0.25) is 0 Å². The first-order valence-corrected chi connectivity index (χ1v) is 8.90. The first kappa shape index (κ1) is 19.3. The van der Waals surface area contributed by atoms with Crippen LogP contribution in [0.25, 0.3) is 22.3 Å². The second-order valence-electron chi connectivity index (χ2n) is 6.93. The summed E-state index contributed by atoms with van der Waals surface area (Å²) in [4.78, 5) is 20.8. The lowest BCUT2D eigenvalue weighted by atomic mass is 10.1. The van der Waals surface area contributed by atoms with Crippen LogP contribution >= 0.6 is 12.4 Å². The van der Waals surface area contributed by atoms with E-state index in [1.54, 1.807) is 12.4 Å². The average molecular weight is 389 g/mol. The Morgan fingerprint density at radius 2 is 1.93 bits per heavy atom. The molecule has 0 radical (unpaired) electrons. The van der Waals surface area contributed by atoms with Crippen LogP contribution in [-0.4, -0.2) is 77.4 Å². The highest BCUT2D eigenvalue weighted by atomic mass is 35.5. The first-order chi connectivity index (χ1) is 12.6. The normalized spacial score (nSPS) is 15.4. The minimum Gasteiger partial charge on any atom is -0.360 e. The van der Waals surface area contributed by atoms with Gasteiger partial charge in [-0.1, -0.05) is 0 Å². The van der Waals surface area contributed by atoms with Gasteiger partial charge in [-0.25, -0.2) is 15.0 Å². The molecule has 8 nitrogen and oxygen atoms in total. The summed E-state index contributed by atoms with van der Waals surface area (Å²) in [6, 6.07) is 1.97. The molecule has 4 rings (SSSR count). The molecule has 1 aliphatic rings. The smallest absolute Gasteiger partial charge is 0.172 e. The summed E-state index contributed by atoms with van der Waals surface area (Å²) >= 11 is 0. The van der Waals surface area contributed by atoms with E-state index in [2.05, 4.69) is 32.0 Å². The van der Waals surface area contributed by atoms with Gasteiger partial charge in [-0.3, -0.25) is 5.10 Å². The summed E-state index contributed by atoms with van der Waals surface area (Å²) < 4.78 is 0. The van der Waals surface area contributed by atoms with Crippen molar-refractivity contribution < 1.29 is 0 Å². The zero-order chi connectivity index (χ0) is 18.1. The van der Waals surface area contributed by atoms with Crippen molar-refractivity contribution in [3.63, 3.8) is 0 Å². The van der Waals surface area contributed by atoms with E-state index in [0.29, 0.717) is 0 Å². The van der Waals surface area contributed by atoms with Gasteiger partial charge in [-0.2, -0.15) is 5.10 Å². The van der Waals surface area contributed by atoms with Crippen molar-refractivity contribution in [3.05, 3.63) is 24.7 Å². The topological polar surface area (TPSA) is 77.1 Å². The van der Waals surface area contributed by atoms with Gasteiger partial charge in [0.1, 0.15) is 0 Å². The highest BCUT2D eigenvalue weighted by Crippen LogP contribution is 2.30. The number of fused-ring (bicyclic) bond motifs is 1. The molecule has 3 aromatic heterocycles. The summed E-state index contributed by atoms with van der Waals surface area (Å²) in [7, 11) is 6.20. The largest absolute Gasteiger partial charge is 0.360 e. The van der Waals surface area contributed by atoms with Gasteiger partial charge in [0.05, 0.1) is 18.1 Å². The molecule has 0 bridgehead atoms. The Balaban J connectivity index is 0.00000210. The fraction of sp³-hybridized carbons (Fsp3) is 0.444. The van der Waals surface area contributed by atoms with Crippen LogP contribution < -0.4 is 9.80 Å². The van der Waals surface area contributed by atoms with Gasteiger partial charge < -0.3 is 14.7 Å². The molecule has 0 unspecified atom stereocenters. The Morgan fingerprint density at radius 1 is 1.07 bits per heavy atom. The number of aromatic nitrogens is 5. The predicted molar refractivity (Wildman–Crippen MR) is 111 cm³/mol. The Morgan fingerprint density at radius 3 is 2.74 bits per heavy atom. The maximum absolute atomic E-state index is 5.02. The van der Waals surface area contributed by atoms with E-state index in [-0.39, 0.29) is 12.4 Å². The van der Waals surface area contributed by atoms with Crippen LogP contribution in [-0.2, 0) is 0 Å². The SMILES string of the molecule is CN1CCCN(c2nc(-c3ccnc4[nH]ncc34)cnc2N(C)C)CC1.Cl. The van der Waals surface area contributed by atoms with Crippen molar-refractivity contribution in [1.82, 2.24) is 30.0 Å². The van der Waals surface area contributed by atoms with Crippen LogP contribution in [0, 0.1) is 0 Å². The van der Waals surface area contributed by atoms with Gasteiger partial charge >= 0.3 is 0 Å². The third-order valence-electron chi connectivity index (χ3n) is 4.81. The van der Waals surface area contributed by atoms with E-state index in [0.717, 1.165) is 66.5 Å². The molecule has 0 aliphatic carbocycles. The minimum atomic E-state index is 0. The fourth-order valence-corrected chi connectivity index (χ4v) is 3.36. The number of hydrogen-bond acceptors (Lipinski definition) is 7. The molecule has 0 saturated carbocycles. The number of anilines is 2. The molecule has 0 amide bonds. The van der Waals surface area contributed by atoms with Gasteiger partial charge in [-0.05, 0) is 26.1 Å². The number of hydrogen-bond donors (Lipinski definition) is 1. The fourth-order valence-electron chi connectivity index (χ4n) is 3.36. The molecule has 27 heavy (non-hydrogen) atoms. The summed E-state index contributed by atoms with van der Waals surface area (Å²) in [5.41, 5.74) is 2.60. The van der Waals surface area contributed by atoms with E-state index >= 15 is 0 Å². The second-order valence-corrected chi connectivity index (χ2v) is 6.93. The van der Waals surface area contributed by atoms with Crippen LogP contribution in [0.5, 0.6) is 0 Å².